The van der Waals surface area contributed by atoms with Gasteiger partial charge in [0.05, 0.1) is 22.9 Å². The summed E-state index contributed by atoms with van der Waals surface area (Å²) >= 11 is 0. The molecule has 2 aromatic heterocycles. The van der Waals surface area contributed by atoms with Gasteiger partial charge in [0.15, 0.2) is 0 Å². The monoisotopic (exact) mass is 245 g/mol. The van der Waals surface area contributed by atoms with Gasteiger partial charge in [-0.25, -0.2) is 4.98 Å². The summed E-state index contributed by atoms with van der Waals surface area (Å²) in [6.07, 6.45) is 1.81. The van der Waals surface area contributed by atoms with Crippen LogP contribution in [0.1, 0.15) is 0 Å². The van der Waals surface area contributed by atoms with Crippen molar-refractivity contribution in [1.82, 2.24) is 15.0 Å². The van der Waals surface area contributed by atoms with Gasteiger partial charge in [-0.05, 0) is 24.3 Å². The molecular weight excluding hydrogens is 234 g/mol. The van der Waals surface area contributed by atoms with Gasteiger partial charge in [-0.3, -0.25) is 4.98 Å². The van der Waals surface area contributed by atoms with Crippen LogP contribution in [0.15, 0.2) is 60.8 Å². The van der Waals surface area contributed by atoms with Crippen LogP contribution in [-0.4, -0.2) is 15.0 Å². The summed E-state index contributed by atoms with van der Waals surface area (Å²) < 4.78 is 0. The molecule has 0 spiro atoms. The number of hydrogen-bond donors (Lipinski definition) is 1. The van der Waals surface area contributed by atoms with Gasteiger partial charge in [-0.1, -0.05) is 30.3 Å². The van der Waals surface area contributed by atoms with Gasteiger partial charge < -0.3 is 4.98 Å². The largest absolute Gasteiger partial charge is 0.353 e. The van der Waals surface area contributed by atoms with Crippen molar-refractivity contribution in [2.75, 3.05) is 0 Å². The maximum atomic E-state index is 4.65. The number of H-pyrrole nitrogens is 1. The number of nitrogens with zero attached hydrogens (tertiary/aromatic N) is 2. The second kappa shape index (κ2) is 3.92. The van der Waals surface area contributed by atoms with Crippen LogP contribution in [0.4, 0.5) is 0 Å². The number of aromatic nitrogens is 3. The van der Waals surface area contributed by atoms with Gasteiger partial charge in [0.25, 0.3) is 0 Å². The lowest BCUT2D eigenvalue weighted by molar-refractivity contribution is 1.27. The first-order valence-electron chi connectivity index (χ1n) is 6.20. The van der Waals surface area contributed by atoms with Crippen molar-refractivity contribution in [3.8, 4) is 11.4 Å². The zero-order valence-corrected chi connectivity index (χ0v) is 10.2. The highest BCUT2D eigenvalue weighted by molar-refractivity contribution is 5.86. The molecule has 0 fully saturated rings. The van der Waals surface area contributed by atoms with Gasteiger partial charge >= 0.3 is 0 Å². The molecule has 4 rings (SSSR count). The van der Waals surface area contributed by atoms with Crippen molar-refractivity contribution in [2.24, 2.45) is 0 Å². The molecule has 4 aromatic rings. The molecule has 0 saturated heterocycles. The zero-order chi connectivity index (χ0) is 12.7. The SMILES string of the molecule is c1ccc2[nH]c(-c3cnc4ccccc4n3)cc2c1. The Bertz CT molecular complexity index is 844. The fraction of sp³-hybridized carbons (Fsp3) is 0. The maximum absolute atomic E-state index is 4.65. The van der Waals surface area contributed by atoms with Gasteiger partial charge in [0, 0.05) is 10.9 Å². The molecular formula is C16H11N3. The zero-order valence-electron chi connectivity index (χ0n) is 10.2. The Hall–Kier alpha value is -2.68. The molecule has 0 amide bonds. The highest BCUT2D eigenvalue weighted by Gasteiger charge is 2.05. The Morgan fingerprint density at radius 2 is 1.63 bits per heavy atom. The first-order chi connectivity index (χ1) is 9.40. The van der Waals surface area contributed by atoms with Crippen molar-refractivity contribution < 1.29 is 0 Å². The van der Waals surface area contributed by atoms with Gasteiger partial charge in [0.1, 0.15) is 5.69 Å². The summed E-state index contributed by atoms with van der Waals surface area (Å²) in [5, 5.41) is 1.19. The molecule has 3 nitrogen and oxygen atoms in total. The Labute approximate surface area is 110 Å². The van der Waals surface area contributed by atoms with Gasteiger partial charge in [-0.15, -0.1) is 0 Å². The van der Waals surface area contributed by atoms with Crippen molar-refractivity contribution >= 4 is 21.9 Å². The molecule has 2 heterocycles. The Kier molecular flexibility index (Phi) is 2.12. The van der Waals surface area contributed by atoms with Crippen molar-refractivity contribution in [1.29, 1.82) is 0 Å². The lowest BCUT2D eigenvalue weighted by atomic mass is 10.2. The Morgan fingerprint density at radius 1 is 0.842 bits per heavy atom. The lowest BCUT2D eigenvalue weighted by Crippen LogP contribution is -1.88. The summed E-state index contributed by atoms with van der Waals surface area (Å²) in [5.41, 5.74) is 4.82. The van der Waals surface area contributed by atoms with Crippen molar-refractivity contribution in [2.45, 2.75) is 0 Å². The minimum atomic E-state index is 0.870. The van der Waals surface area contributed by atoms with Crippen LogP contribution in [0.2, 0.25) is 0 Å². The standard InChI is InChI=1S/C16H11N3/c1-2-6-12-11(5-1)9-15(18-12)16-10-17-13-7-3-4-8-14(13)19-16/h1-10,18H. The van der Waals surface area contributed by atoms with E-state index < -0.39 is 0 Å². The average molecular weight is 245 g/mol. The molecule has 0 bridgehead atoms. The Balaban J connectivity index is 1.93. The van der Waals surface area contributed by atoms with Crippen LogP contribution < -0.4 is 0 Å². The summed E-state index contributed by atoms with van der Waals surface area (Å²) in [4.78, 5) is 12.5. The third-order valence-electron chi connectivity index (χ3n) is 3.25. The van der Waals surface area contributed by atoms with Crippen molar-refractivity contribution in [3.63, 3.8) is 0 Å². The lowest BCUT2D eigenvalue weighted by Gasteiger charge is -1.99. The van der Waals surface area contributed by atoms with Gasteiger partial charge in [0.2, 0.25) is 0 Å². The average Bonchev–Trinajstić information content (AvgIpc) is 2.90. The van der Waals surface area contributed by atoms with E-state index >= 15 is 0 Å². The number of nitrogens with one attached hydrogen (secondary N) is 1. The molecule has 0 aliphatic heterocycles. The number of benzene rings is 2. The molecule has 0 radical (unpaired) electrons. The summed E-state index contributed by atoms with van der Waals surface area (Å²) in [6, 6.07) is 18.2. The van der Waals surface area contributed by atoms with Crippen LogP contribution in [0, 0.1) is 0 Å². The molecule has 19 heavy (non-hydrogen) atoms. The molecule has 3 heteroatoms. The van der Waals surface area contributed by atoms with E-state index in [1.807, 2.05) is 42.6 Å². The smallest absolute Gasteiger partial charge is 0.106 e. The van der Waals surface area contributed by atoms with Crippen LogP contribution >= 0.6 is 0 Å². The normalized spacial score (nSPS) is 11.2. The fourth-order valence-electron chi connectivity index (χ4n) is 2.30. The molecule has 2 aromatic carbocycles. The minimum Gasteiger partial charge on any atom is -0.353 e. The number of para-hydroxylation sites is 3. The molecule has 0 aliphatic rings. The fourth-order valence-corrected chi connectivity index (χ4v) is 2.30. The van der Waals surface area contributed by atoms with E-state index in [1.165, 1.54) is 5.39 Å². The third-order valence-corrected chi connectivity index (χ3v) is 3.25. The van der Waals surface area contributed by atoms with E-state index in [-0.39, 0.29) is 0 Å². The van der Waals surface area contributed by atoms with Crippen LogP contribution in [0.5, 0.6) is 0 Å². The quantitative estimate of drug-likeness (QED) is 0.554. The molecule has 1 N–H and O–H groups in total. The predicted molar refractivity (Wildman–Crippen MR) is 76.8 cm³/mol. The number of rotatable bonds is 1. The first-order valence-corrected chi connectivity index (χ1v) is 6.20. The highest BCUT2D eigenvalue weighted by Crippen LogP contribution is 2.23. The highest BCUT2D eigenvalue weighted by atomic mass is 14.8. The molecule has 0 unspecified atom stereocenters. The van der Waals surface area contributed by atoms with Gasteiger partial charge in [-0.2, -0.15) is 0 Å². The number of aromatic amines is 1. The van der Waals surface area contributed by atoms with E-state index in [0.29, 0.717) is 0 Å². The topological polar surface area (TPSA) is 41.6 Å². The third kappa shape index (κ3) is 1.67. The minimum absolute atomic E-state index is 0.870. The molecule has 0 saturated carbocycles. The Morgan fingerprint density at radius 3 is 2.53 bits per heavy atom. The van der Waals surface area contributed by atoms with E-state index in [0.717, 1.165) is 27.9 Å². The van der Waals surface area contributed by atoms with E-state index in [9.17, 15) is 0 Å². The molecule has 0 atom stereocenters. The van der Waals surface area contributed by atoms with E-state index in [2.05, 4.69) is 33.2 Å². The summed E-state index contributed by atoms with van der Waals surface area (Å²) in [7, 11) is 0. The number of hydrogen-bond acceptors (Lipinski definition) is 2. The number of fused-ring (bicyclic) bond motifs is 2. The summed E-state index contributed by atoms with van der Waals surface area (Å²) in [6.45, 7) is 0. The van der Waals surface area contributed by atoms with E-state index in [1.54, 1.807) is 0 Å². The molecule has 0 aliphatic carbocycles. The van der Waals surface area contributed by atoms with Crippen LogP contribution in [-0.2, 0) is 0 Å². The summed E-state index contributed by atoms with van der Waals surface area (Å²) in [5.74, 6) is 0. The van der Waals surface area contributed by atoms with E-state index in [4.69, 9.17) is 0 Å². The predicted octanol–water partition coefficient (Wildman–Crippen LogP) is 3.78. The van der Waals surface area contributed by atoms with Crippen molar-refractivity contribution in [3.05, 3.63) is 60.8 Å². The second-order valence-electron chi connectivity index (χ2n) is 4.51. The van der Waals surface area contributed by atoms with Crippen LogP contribution in [0.3, 0.4) is 0 Å². The maximum Gasteiger partial charge on any atom is 0.106 e. The first kappa shape index (κ1) is 10.3. The van der Waals surface area contributed by atoms with Crippen LogP contribution in [0.25, 0.3) is 33.3 Å². The molecule has 90 valence electrons. The second-order valence-corrected chi connectivity index (χ2v) is 4.51.